The van der Waals surface area contributed by atoms with Gasteiger partial charge in [-0.1, -0.05) is 73.0 Å². The number of guanidine groups is 1. The number of aliphatic hydroxyl groups is 1. The van der Waals surface area contributed by atoms with Gasteiger partial charge in [0.2, 0.25) is 5.96 Å². The number of allylic oxidation sites excluding steroid dienone is 3. The first-order valence-electron chi connectivity index (χ1n) is 11.5. The van der Waals surface area contributed by atoms with Gasteiger partial charge in [-0.05, 0) is 47.7 Å². The van der Waals surface area contributed by atoms with Crippen LogP contribution in [0.4, 0.5) is 5.82 Å². The molecule has 6 nitrogen and oxygen atoms in total. The second-order valence-electron chi connectivity index (χ2n) is 8.81. The predicted octanol–water partition coefficient (Wildman–Crippen LogP) is 5.42. The molecule has 1 aliphatic carbocycles. The van der Waals surface area contributed by atoms with Crippen LogP contribution in [-0.2, 0) is 13.0 Å². The molecule has 2 aliphatic heterocycles. The quantitative estimate of drug-likeness (QED) is 0.512. The first kappa shape index (κ1) is 21.7. The number of aromatic nitrogens is 2. The van der Waals surface area contributed by atoms with Gasteiger partial charge in [0, 0.05) is 17.6 Å². The third kappa shape index (κ3) is 3.73. The Labute approximate surface area is 208 Å². The van der Waals surface area contributed by atoms with Crippen LogP contribution in [0.2, 0.25) is 0 Å². The molecule has 0 atom stereocenters. The summed E-state index contributed by atoms with van der Waals surface area (Å²) in [5, 5.41) is 14.0. The molecule has 0 spiro atoms. The average molecular weight is 480 g/mol. The van der Waals surface area contributed by atoms with Crippen LogP contribution >= 0.6 is 11.8 Å². The number of aliphatic hydroxyl groups excluding tert-OH is 1. The summed E-state index contributed by atoms with van der Waals surface area (Å²) in [4.78, 5) is 12.8. The monoisotopic (exact) mass is 479 g/mol. The highest BCUT2D eigenvalue weighted by molar-refractivity contribution is 7.99. The number of aliphatic imine (C=N–C) groups is 1. The first-order chi connectivity index (χ1) is 17.0. The number of hydrogen-bond acceptors (Lipinski definition) is 6. The highest BCUT2D eigenvalue weighted by atomic mass is 32.2. The molecule has 6 rings (SSSR count). The standard InChI is InChI=1S/C28H25N5OS/c1-17-13-18(2)23-10-9-22(15-21(23)14-17)35-28-30-25-19(3)33-16-24(20-7-5-4-6-8-20)29-27(33)31-26(25)32(28)11-12-34/h4-10,13,15-16,34H,1,3,11-12,14H2,2H3,(H,29,31). The van der Waals surface area contributed by atoms with Crippen LogP contribution in [-0.4, -0.2) is 32.1 Å². The Morgan fingerprint density at radius 3 is 2.77 bits per heavy atom. The van der Waals surface area contributed by atoms with Crippen molar-refractivity contribution in [1.29, 1.82) is 0 Å². The molecule has 0 bridgehead atoms. The smallest absolute Gasteiger partial charge is 0.214 e. The number of rotatable bonds is 5. The Bertz CT molecular complexity index is 1480. The summed E-state index contributed by atoms with van der Waals surface area (Å²) in [5.74, 6) is 1.39. The lowest BCUT2D eigenvalue weighted by molar-refractivity contribution is 0.272. The summed E-state index contributed by atoms with van der Waals surface area (Å²) in [7, 11) is 0. The lowest BCUT2D eigenvalue weighted by Gasteiger charge is -2.22. The van der Waals surface area contributed by atoms with Crippen molar-refractivity contribution in [3.63, 3.8) is 0 Å². The highest BCUT2D eigenvalue weighted by Crippen LogP contribution is 2.41. The lowest BCUT2D eigenvalue weighted by atomic mass is 9.89. The number of imidazole rings is 1. The van der Waals surface area contributed by atoms with E-state index in [1.165, 1.54) is 16.7 Å². The molecule has 3 heterocycles. The minimum atomic E-state index is -0.00759. The van der Waals surface area contributed by atoms with E-state index in [1.54, 1.807) is 11.8 Å². The zero-order valence-corrected chi connectivity index (χ0v) is 20.3. The van der Waals surface area contributed by atoms with Crippen molar-refractivity contribution < 1.29 is 5.11 Å². The van der Waals surface area contributed by atoms with E-state index in [2.05, 4.69) is 61.8 Å². The van der Waals surface area contributed by atoms with Gasteiger partial charge in [-0.2, -0.15) is 4.99 Å². The Hall–Kier alpha value is -3.81. The zero-order chi connectivity index (χ0) is 24.1. The van der Waals surface area contributed by atoms with Crippen LogP contribution < -0.4 is 5.32 Å². The first-order valence-corrected chi connectivity index (χ1v) is 12.3. The molecule has 1 aromatic heterocycles. The molecule has 0 saturated carbocycles. The fraction of sp³-hybridized carbons (Fsp3) is 0.143. The van der Waals surface area contributed by atoms with Crippen molar-refractivity contribution in [2.24, 2.45) is 4.99 Å². The van der Waals surface area contributed by atoms with E-state index in [4.69, 9.17) is 9.98 Å². The molecule has 3 aromatic rings. The van der Waals surface area contributed by atoms with Crippen molar-refractivity contribution >= 4 is 40.5 Å². The Balaban J connectivity index is 1.34. The lowest BCUT2D eigenvalue weighted by Crippen LogP contribution is -2.31. The minimum Gasteiger partial charge on any atom is -0.395 e. The van der Waals surface area contributed by atoms with Crippen molar-refractivity contribution in [1.82, 2.24) is 19.8 Å². The molecular weight excluding hydrogens is 454 g/mol. The van der Waals surface area contributed by atoms with E-state index in [-0.39, 0.29) is 6.61 Å². The predicted molar refractivity (Wildman–Crippen MR) is 142 cm³/mol. The fourth-order valence-electron chi connectivity index (χ4n) is 4.73. The van der Waals surface area contributed by atoms with Crippen LogP contribution in [0, 0.1) is 0 Å². The Kier molecular flexibility index (Phi) is 5.24. The van der Waals surface area contributed by atoms with Gasteiger partial charge >= 0.3 is 0 Å². The zero-order valence-electron chi connectivity index (χ0n) is 19.5. The number of nitrogens with one attached hydrogen (secondary N) is 1. The Morgan fingerprint density at radius 1 is 1.14 bits per heavy atom. The summed E-state index contributed by atoms with van der Waals surface area (Å²) in [6.45, 7) is 11.0. The van der Waals surface area contributed by atoms with Crippen molar-refractivity contribution in [2.75, 3.05) is 6.61 Å². The van der Waals surface area contributed by atoms with Crippen LogP contribution in [0.3, 0.4) is 0 Å². The second-order valence-corrected chi connectivity index (χ2v) is 9.85. The van der Waals surface area contributed by atoms with E-state index in [9.17, 15) is 5.11 Å². The van der Waals surface area contributed by atoms with Crippen molar-refractivity contribution in [2.45, 2.75) is 29.9 Å². The van der Waals surface area contributed by atoms with Crippen LogP contribution in [0.15, 0.2) is 94.6 Å². The third-order valence-corrected chi connectivity index (χ3v) is 7.36. The van der Waals surface area contributed by atoms with Crippen molar-refractivity contribution in [3.8, 4) is 0 Å². The molecule has 7 heteroatoms. The highest BCUT2D eigenvalue weighted by Gasteiger charge is 2.33. The van der Waals surface area contributed by atoms with E-state index in [0.717, 1.165) is 44.7 Å². The van der Waals surface area contributed by atoms with E-state index >= 15 is 0 Å². The normalized spacial score (nSPS) is 16.2. The molecule has 174 valence electrons. The van der Waals surface area contributed by atoms with Crippen LogP contribution in [0.5, 0.6) is 0 Å². The number of nitrogens with zero attached hydrogens (tertiary/aromatic N) is 4. The molecule has 0 amide bonds. The topological polar surface area (TPSA) is 65.7 Å². The fourth-order valence-corrected chi connectivity index (χ4v) is 5.70. The van der Waals surface area contributed by atoms with E-state index in [0.29, 0.717) is 18.3 Å². The van der Waals surface area contributed by atoms with E-state index in [1.807, 2.05) is 33.9 Å². The van der Waals surface area contributed by atoms with Gasteiger partial charge in [-0.15, -0.1) is 0 Å². The van der Waals surface area contributed by atoms with E-state index < -0.39 is 0 Å². The average Bonchev–Trinajstić information content (AvgIpc) is 3.42. The summed E-state index contributed by atoms with van der Waals surface area (Å²) in [6.07, 6.45) is 5.01. The maximum atomic E-state index is 9.81. The second kappa shape index (κ2) is 8.45. The van der Waals surface area contributed by atoms with Gasteiger partial charge in [0.15, 0.2) is 11.0 Å². The number of fused-ring (bicyclic) bond motifs is 3. The molecule has 2 N–H and O–H groups in total. The largest absolute Gasteiger partial charge is 0.395 e. The summed E-state index contributed by atoms with van der Waals surface area (Å²) < 4.78 is 1.97. The molecule has 35 heavy (non-hydrogen) atoms. The summed E-state index contributed by atoms with van der Waals surface area (Å²) >= 11 is 1.58. The summed E-state index contributed by atoms with van der Waals surface area (Å²) in [6, 6.07) is 16.6. The number of hydrogen-bond donors (Lipinski definition) is 2. The van der Waals surface area contributed by atoms with Gasteiger partial charge in [0.05, 0.1) is 18.0 Å². The molecule has 3 aliphatic rings. The Morgan fingerprint density at radius 2 is 1.97 bits per heavy atom. The molecule has 0 saturated heterocycles. The maximum Gasteiger partial charge on any atom is 0.214 e. The SMILES string of the molecule is C=C1C=C(C)c2ccc(Sc3nc4c(n3CCO)N=C3NC(c5ccccc5)=CN3C4=C)cc2C1. The van der Waals surface area contributed by atoms with Gasteiger partial charge in [-0.25, -0.2) is 4.98 Å². The molecular formula is C28H25N5OS. The van der Waals surface area contributed by atoms with Gasteiger partial charge < -0.3 is 15.0 Å². The van der Waals surface area contributed by atoms with Gasteiger partial charge in [0.25, 0.3) is 0 Å². The molecule has 0 radical (unpaired) electrons. The molecule has 2 aromatic carbocycles. The maximum absolute atomic E-state index is 9.81. The van der Waals surface area contributed by atoms with Crippen molar-refractivity contribution in [3.05, 3.63) is 102 Å². The van der Waals surface area contributed by atoms with Crippen LogP contribution in [0.1, 0.15) is 29.3 Å². The van der Waals surface area contributed by atoms with Gasteiger partial charge in [0.1, 0.15) is 5.69 Å². The number of benzene rings is 2. The van der Waals surface area contributed by atoms with Crippen LogP contribution in [0.25, 0.3) is 17.0 Å². The summed E-state index contributed by atoms with van der Waals surface area (Å²) in [5.41, 5.74) is 8.42. The molecule has 0 fully saturated rings. The minimum absolute atomic E-state index is 0.00759. The molecule has 0 unspecified atom stereocenters. The third-order valence-electron chi connectivity index (χ3n) is 6.37. The van der Waals surface area contributed by atoms with Gasteiger partial charge in [-0.3, -0.25) is 4.90 Å².